The van der Waals surface area contributed by atoms with E-state index in [9.17, 15) is 22.4 Å². The third-order valence-electron chi connectivity index (χ3n) is 5.92. The molecule has 0 heterocycles. The fourth-order valence-electron chi connectivity index (χ4n) is 4.00. The Kier molecular flexibility index (Phi) is 11.4. The summed E-state index contributed by atoms with van der Waals surface area (Å²) in [6, 6.07) is 12.4. The van der Waals surface area contributed by atoms with Crippen molar-refractivity contribution in [3.63, 3.8) is 0 Å². The van der Waals surface area contributed by atoms with Gasteiger partial charge in [0.15, 0.2) is 0 Å². The van der Waals surface area contributed by atoms with Gasteiger partial charge in [0.25, 0.3) is 0 Å². The zero-order valence-corrected chi connectivity index (χ0v) is 22.5. The second kappa shape index (κ2) is 14.0. The van der Waals surface area contributed by atoms with Gasteiger partial charge in [-0.2, -0.15) is 0 Å². The average Bonchev–Trinajstić information content (AvgIpc) is 2.82. The van der Waals surface area contributed by atoms with Crippen LogP contribution in [-0.4, -0.2) is 50.5 Å². The summed E-state index contributed by atoms with van der Waals surface area (Å²) >= 11 is 0. The highest BCUT2D eigenvalue weighted by Gasteiger charge is 2.28. The van der Waals surface area contributed by atoms with Gasteiger partial charge in [-0.15, -0.1) is 0 Å². The van der Waals surface area contributed by atoms with Crippen molar-refractivity contribution < 1.29 is 22.4 Å². The second-order valence-corrected chi connectivity index (χ2v) is 10.9. The molecule has 0 aliphatic heterocycles. The maximum Gasteiger partial charge on any atom is 0.242 e. The number of anilines is 1. The van der Waals surface area contributed by atoms with Crippen LogP contribution in [0.1, 0.15) is 57.1 Å². The lowest BCUT2D eigenvalue weighted by molar-refractivity contribution is -0.141. The predicted octanol–water partition coefficient (Wildman–Crippen LogP) is 4.40. The van der Waals surface area contributed by atoms with Gasteiger partial charge in [0, 0.05) is 26.1 Å². The number of nitrogens with zero attached hydrogens (tertiary/aromatic N) is 2. The van der Waals surface area contributed by atoms with Gasteiger partial charge in [0.05, 0.1) is 11.9 Å². The first kappa shape index (κ1) is 29.3. The molecule has 198 valence electrons. The number of nitrogens with one attached hydrogen (secondary N) is 1. The number of sulfonamides is 1. The number of amides is 2. The van der Waals surface area contributed by atoms with Crippen molar-refractivity contribution in [3.8, 4) is 0 Å². The number of benzene rings is 2. The number of rotatable bonds is 14. The fraction of sp³-hybridized carbons (Fsp3) is 0.481. The molecule has 0 saturated heterocycles. The molecule has 2 aromatic carbocycles. The van der Waals surface area contributed by atoms with E-state index >= 15 is 0 Å². The normalized spacial score (nSPS) is 12.1. The Labute approximate surface area is 214 Å². The summed E-state index contributed by atoms with van der Waals surface area (Å²) < 4.78 is 39.6. The highest BCUT2D eigenvalue weighted by atomic mass is 32.2. The van der Waals surface area contributed by atoms with E-state index in [0.717, 1.165) is 24.7 Å². The zero-order chi connectivity index (χ0) is 26.7. The number of hydrogen-bond donors (Lipinski definition) is 1. The Morgan fingerprint density at radius 3 is 2.33 bits per heavy atom. The van der Waals surface area contributed by atoms with Gasteiger partial charge < -0.3 is 10.2 Å². The van der Waals surface area contributed by atoms with E-state index in [-0.39, 0.29) is 43.6 Å². The number of aryl methyl sites for hydroxylation is 1. The Balaban J connectivity index is 2.19. The summed E-state index contributed by atoms with van der Waals surface area (Å²) in [5, 5.41) is 2.91. The van der Waals surface area contributed by atoms with Gasteiger partial charge in [-0.1, -0.05) is 44.5 Å². The van der Waals surface area contributed by atoms with Gasteiger partial charge >= 0.3 is 0 Å². The molecular formula is C27H38FN3O4S. The Hall–Kier alpha value is -2.94. The van der Waals surface area contributed by atoms with Gasteiger partial charge in [-0.3, -0.25) is 13.9 Å². The lowest BCUT2D eigenvalue weighted by Crippen LogP contribution is -2.49. The number of unbranched alkanes of at least 4 members (excludes halogenated alkanes) is 1. The first-order valence-electron chi connectivity index (χ1n) is 12.4. The molecule has 1 N–H and O–H groups in total. The van der Waals surface area contributed by atoms with E-state index < -0.39 is 16.1 Å². The molecule has 36 heavy (non-hydrogen) atoms. The molecule has 0 spiro atoms. The van der Waals surface area contributed by atoms with Gasteiger partial charge in [-0.05, 0) is 61.6 Å². The molecule has 0 aromatic heterocycles. The quantitative estimate of drug-likeness (QED) is 0.375. The number of hydrogen-bond acceptors (Lipinski definition) is 4. The van der Waals surface area contributed by atoms with Gasteiger partial charge in [0.1, 0.15) is 11.9 Å². The van der Waals surface area contributed by atoms with Crippen molar-refractivity contribution in [2.75, 3.05) is 23.7 Å². The highest BCUT2D eigenvalue weighted by Crippen LogP contribution is 2.21. The number of carbonyl (C=O) groups is 2. The monoisotopic (exact) mass is 519 g/mol. The van der Waals surface area contributed by atoms with Crippen molar-refractivity contribution in [1.29, 1.82) is 0 Å². The first-order chi connectivity index (χ1) is 17.1. The molecule has 1 atom stereocenters. The molecule has 0 unspecified atom stereocenters. The maximum absolute atomic E-state index is 13.4. The molecule has 0 bridgehead atoms. The van der Waals surface area contributed by atoms with Crippen LogP contribution in [-0.2, 0) is 26.2 Å². The average molecular weight is 520 g/mol. The second-order valence-electron chi connectivity index (χ2n) is 8.99. The van der Waals surface area contributed by atoms with E-state index in [4.69, 9.17) is 0 Å². The Morgan fingerprint density at radius 2 is 1.75 bits per heavy atom. The van der Waals surface area contributed by atoms with Crippen LogP contribution < -0.4 is 9.62 Å². The largest absolute Gasteiger partial charge is 0.354 e. The molecule has 2 amide bonds. The molecule has 7 nitrogen and oxygen atoms in total. The Morgan fingerprint density at radius 1 is 1.06 bits per heavy atom. The van der Waals surface area contributed by atoms with E-state index in [2.05, 4.69) is 5.32 Å². The van der Waals surface area contributed by atoms with E-state index in [0.29, 0.717) is 24.2 Å². The number of carbonyl (C=O) groups excluding carboxylic acids is 2. The van der Waals surface area contributed by atoms with Crippen LogP contribution in [0.15, 0.2) is 48.5 Å². The molecule has 2 rings (SSSR count). The lowest BCUT2D eigenvalue weighted by atomic mass is 10.1. The topological polar surface area (TPSA) is 86.8 Å². The van der Waals surface area contributed by atoms with Gasteiger partial charge in [-0.25, -0.2) is 12.8 Å². The molecule has 9 heteroatoms. The smallest absolute Gasteiger partial charge is 0.242 e. The minimum absolute atomic E-state index is 0.0672. The summed E-state index contributed by atoms with van der Waals surface area (Å²) in [7, 11) is -3.54. The van der Waals surface area contributed by atoms with Gasteiger partial charge in [0.2, 0.25) is 21.8 Å². The minimum Gasteiger partial charge on any atom is -0.354 e. The van der Waals surface area contributed by atoms with E-state index in [1.807, 2.05) is 26.8 Å². The molecule has 0 aliphatic rings. The predicted molar refractivity (Wildman–Crippen MR) is 142 cm³/mol. The third kappa shape index (κ3) is 8.93. The summed E-state index contributed by atoms with van der Waals surface area (Å²) in [4.78, 5) is 27.8. The molecule has 0 aliphatic carbocycles. The van der Waals surface area contributed by atoms with Crippen molar-refractivity contribution in [1.82, 2.24) is 10.2 Å². The standard InChI is InChI=1S/C27H38FN3O4S/c1-5-7-17-29-27(33)25(6-2)30(20-22-13-15-23(28)16-14-22)26(32)12-9-18-31(36(4,34)35)24-11-8-10-21(3)19-24/h8,10-11,13-16,19,25H,5-7,9,12,17-18,20H2,1-4H3,(H,29,33)/t25-/m0/s1. The van der Waals surface area contributed by atoms with Crippen LogP contribution in [0.2, 0.25) is 0 Å². The van der Waals surface area contributed by atoms with E-state index in [1.165, 1.54) is 21.3 Å². The molecule has 2 aromatic rings. The fourth-order valence-corrected chi connectivity index (χ4v) is 4.96. The van der Waals surface area contributed by atoms with Crippen molar-refractivity contribution in [2.45, 2.75) is 65.5 Å². The van der Waals surface area contributed by atoms with Crippen molar-refractivity contribution in [3.05, 3.63) is 65.5 Å². The van der Waals surface area contributed by atoms with Crippen molar-refractivity contribution >= 4 is 27.5 Å². The number of halogens is 1. The summed E-state index contributed by atoms with van der Waals surface area (Å²) in [5.74, 6) is -0.855. The summed E-state index contributed by atoms with van der Waals surface area (Å²) in [6.45, 7) is 6.59. The van der Waals surface area contributed by atoms with Crippen LogP contribution in [0.4, 0.5) is 10.1 Å². The van der Waals surface area contributed by atoms with E-state index in [1.54, 1.807) is 30.3 Å². The zero-order valence-electron chi connectivity index (χ0n) is 21.7. The van der Waals surface area contributed by atoms with Crippen LogP contribution in [0.3, 0.4) is 0 Å². The maximum atomic E-state index is 13.4. The molecule has 0 radical (unpaired) electrons. The SMILES string of the molecule is CCCCNC(=O)[C@H](CC)N(Cc1ccc(F)cc1)C(=O)CCCN(c1cccc(C)c1)S(C)(=O)=O. The minimum atomic E-state index is -3.54. The van der Waals surface area contributed by atoms with Crippen LogP contribution in [0.5, 0.6) is 0 Å². The molecular weight excluding hydrogens is 481 g/mol. The first-order valence-corrected chi connectivity index (χ1v) is 14.3. The van der Waals surface area contributed by atoms with Crippen LogP contribution in [0.25, 0.3) is 0 Å². The molecule has 0 saturated carbocycles. The lowest BCUT2D eigenvalue weighted by Gasteiger charge is -2.31. The highest BCUT2D eigenvalue weighted by molar-refractivity contribution is 7.92. The van der Waals surface area contributed by atoms with Crippen molar-refractivity contribution in [2.24, 2.45) is 0 Å². The van der Waals surface area contributed by atoms with Crippen LogP contribution >= 0.6 is 0 Å². The third-order valence-corrected chi connectivity index (χ3v) is 7.12. The summed E-state index contributed by atoms with van der Waals surface area (Å²) in [6.07, 6.45) is 3.70. The molecule has 0 fully saturated rings. The Bertz CT molecular complexity index is 1110. The van der Waals surface area contributed by atoms with Crippen LogP contribution in [0, 0.1) is 12.7 Å². The summed E-state index contributed by atoms with van der Waals surface area (Å²) in [5.41, 5.74) is 2.19.